The number of nitrogens with zero attached hydrogens (tertiary/aromatic N) is 2. The predicted molar refractivity (Wildman–Crippen MR) is 73.6 cm³/mol. The molecule has 1 fully saturated rings. The molecule has 0 N–H and O–H groups in total. The van der Waals surface area contributed by atoms with Gasteiger partial charge in [0.2, 0.25) is 0 Å². The van der Waals surface area contributed by atoms with Gasteiger partial charge in [-0.1, -0.05) is 18.2 Å². The minimum absolute atomic E-state index is 0.180. The van der Waals surface area contributed by atoms with Gasteiger partial charge in [0.1, 0.15) is 0 Å². The molecule has 18 heavy (non-hydrogen) atoms. The Morgan fingerprint density at radius 1 is 1.22 bits per heavy atom. The van der Waals surface area contributed by atoms with Crippen molar-refractivity contribution in [1.82, 2.24) is 9.80 Å². The van der Waals surface area contributed by atoms with E-state index in [9.17, 15) is 4.79 Å². The van der Waals surface area contributed by atoms with Crippen molar-refractivity contribution in [2.75, 3.05) is 33.7 Å². The molecule has 1 aliphatic heterocycles. The first-order valence-corrected chi connectivity index (χ1v) is 6.66. The number of amides is 1. The van der Waals surface area contributed by atoms with Crippen LogP contribution in [0.1, 0.15) is 23.2 Å². The normalized spacial score (nSPS) is 17.2. The van der Waals surface area contributed by atoms with Gasteiger partial charge in [-0.15, -0.1) is 0 Å². The highest BCUT2D eigenvalue weighted by molar-refractivity contribution is 5.94. The molecule has 1 aromatic rings. The second-order valence-electron chi connectivity index (χ2n) is 5.36. The number of hydrogen-bond donors (Lipinski definition) is 0. The third-order valence-electron chi connectivity index (χ3n) is 3.55. The maximum atomic E-state index is 12.2. The van der Waals surface area contributed by atoms with Crippen LogP contribution in [0, 0.1) is 5.92 Å². The summed E-state index contributed by atoms with van der Waals surface area (Å²) in [6, 6.07) is 9.58. The summed E-state index contributed by atoms with van der Waals surface area (Å²) in [7, 11) is 4.23. The summed E-state index contributed by atoms with van der Waals surface area (Å²) in [5.41, 5.74) is 0.809. The van der Waals surface area contributed by atoms with E-state index in [2.05, 4.69) is 19.0 Å². The third kappa shape index (κ3) is 3.33. The second kappa shape index (κ2) is 6.01. The zero-order chi connectivity index (χ0) is 13.0. The molecular formula is C15H22N2O. The number of benzene rings is 1. The second-order valence-corrected chi connectivity index (χ2v) is 5.36. The van der Waals surface area contributed by atoms with Crippen molar-refractivity contribution in [3.8, 4) is 0 Å². The number of hydrogen-bond acceptors (Lipinski definition) is 2. The molecule has 2 rings (SSSR count). The first-order chi connectivity index (χ1) is 8.66. The number of rotatable bonds is 3. The molecule has 0 unspecified atom stereocenters. The molecule has 1 saturated heterocycles. The highest BCUT2D eigenvalue weighted by Gasteiger charge is 2.23. The Hall–Kier alpha value is -1.35. The SMILES string of the molecule is CN(C)CC1CCN(C(=O)c2ccccc2)CC1. The van der Waals surface area contributed by atoms with Crippen LogP contribution in [-0.2, 0) is 0 Å². The summed E-state index contributed by atoms with van der Waals surface area (Å²) < 4.78 is 0. The van der Waals surface area contributed by atoms with Gasteiger partial charge in [0, 0.05) is 25.2 Å². The van der Waals surface area contributed by atoms with Gasteiger partial charge in [0.25, 0.3) is 5.91 Å². The molecule has 3 heteroatoms. The number of carbonyl (C=O) groups excluding carboxylic acids is 1. The standard InChI is InChI=1S/C15H22N2O/c1-16(2)12-13-8-10-17(11-9-13)15(18)14-6-4-3-5-7-14/h3-7,13H,8-12H2,1-2H3. The van der Waals surface area contributed by atoms with Crippen molar-refractivity contribution in [2.24, 2.45) is 5.92 Å². The molecule has 0 atom stereocenters. The highest BCUT2D eigenvalue weighted by Crippen LogP contribution is 2.19. The lowest BCUT2D eigenvalue weighted by Crippen LogP contribution is -2.40. The van der Waals surface area contributed by atoms with Crippen LogP contribution in [0.25, 0.3) is 0 Å². The van der Waals surface area contributed by atoms with Gasteiger partial charge in [-0.05, 0) is 45.0 Å². The molecule has 3 nitrogen and oxygen atoms in total. The van der Waals surface area contributed by atoms with Gasteiger partial charge < -0.3 is 9.80 Å². The van der Waals surface area contributed by atoms with Gasteiger partial charge in [0.15, 0.2) is 0 Å². The van der Waals surface area contributed by atoms with Crippen molar-refractivity contribution < 1.29 is 4.79 Å². The zero-order valence-electron chi connectivity index (χ0n) is 11.3. The maximum Gasteiger partial charge on any atom is 0.253 e. The first-order valence-electron chi connectivity index (χ1n) is 6.66. The molecule has 1 amide bonds. The van der Waals surface area contributed by atoms with E-state index in [0.717, 1.165) is 44.0 Å². The van der Waals surface area contributed by atoms with Crippen LogP contribution in [0.5, 0.6) is 0 Å². The fourth-order valence-corrected chi connectivity index (χ4v) is 2.60. The van der Waals surface area contributed by atoms with Crippen LogP contribution in [0.3, 0.4) is 0 Å². The van der Waals surface area contributed by atoms with Gasteiger partial charge >= 0.3 is 0 Å². The van der Waals surface area contributed by atoms with Crippen molar-refractivity contribution in [3.63, 3.8) is 0 Å². The molecule has 0 radical (unpaired) electrons. The van der Waals surface area contributed by atoms with E-state index in [-0.39, 0.29) is 5.91 Å². The Balaban J connectivity index is 1.88. The lowest BCUT2D eigenvalue weighted by atomic mass is 9.96. The van der Waals surface area contributed by atoms with Crippen LogP contribution < -0.4 is 0 Å². The average Bonchev–Trinajstić information content (AvgIpc) is 2.39. The fourth-order valence-electron chi connectivity index (χ4n) is 2.60. The summed E-state index contributed by atoms with van der Waals surface area (Å²) in [6.45, 7) is 2.92. The molecule has 0 spiro atoms. The minimum Gasteiger partial charge on any atom is -0.339 e. The minimum atomic E-state index is 0.180. The quantitative estimate of drug-likeness (QED) is 0.815. The third-order valence-corrected chi connectivity index (χ3v) is 3.55. The summed E-state index contributed by atoms with van der Waals surface area (Å²) >= 11 is 0. The summed E-state index contributed by atoms with van der Waals surface area (Å²) in [5, 5.41) is 0. The van der Waals surface area contributed by atoms with E-state index < -0.39 is 0 Å². The molecule has 1 aromatic carbocycles. The number of likely N-dealkylation sites (tertiary alicyclic amines) is 1. The molecule has 0 aromatic heterocycles. The predicted octanol–water partition coefficient (Wildman–Crippen LogP) is 2.10. The molecule has 98 valence electrons. The average molecular weight is 246 g/mol. The largest absolute Gasteiger partial charge is 0.339 e. The van der Waals surface area contributed by atoms with Gasteiger partial charge in [-0.2, -0.15) is 0 Å². The molecule has 0 saturated carbocycles. The molecule has 0 bridgehead atoms. The van der Waals surface area contributed by atoms with Crippen LogP contribution in [0.4, 0.5) is 0 Å². The van der Waals surface area contributed by atoms with Gasteiger partial charge in [0.05, 0.1) is 0 Å². The van der Waals surface area contributed by atoms with E-state index in [4.69, 9.17) is 0 Å². The van der Waals surface area contributed by atoms with Crippen molar-refractivity contribution >= 4 is 5.91 Å². The monoisotopic (exact) mass is 246 g/mol. The van der Waals surface area contributed by atoms with E-state index in [1.807, 2.05) is 35.2 Å². The molecule has 1 aliphatic rings. The molecule has 0 aliphatic carbocycles. The number of piperidine rings is 1. The van der Waals surface area contributed by atoms with E-state index >= 15 is 0 Å². The van der Waals surface area contributed by atoms with E-state index in [1.165, 1.54) is 0 Å². The van der Waals surface area contributed by atoms with E-state index in [0.29, 0.717) is 0 Å². The topological polar surface area (TPSA) is 23.6 Å². The van der Waals surface area contributed by atoms with Crippen LogP contribution in [-0.4, -0.2) is 49.4 Å². The summed E-state index contributed by atoms with van der Waals surface area (Å²) in [5.74, 6) is 0.915. The Kier molecular flexibility index (Phi) is 4.37. The smallest absolute Gasteiger partial charge is 0.253 e. The van der Waals surface area contributed by atoms with Crippen LogP contribution in [0.2, 0.25) is 0 Å². The van der Waals surface area contributed by atoms with Crippen LogP contribution in [0.15, 0.2) is 30.3 Å². The van der Waals surface area contributed by atoms with Crippen molar-refractivity contribution in [1.29, 1.82) is 0 Å². The molecular weight excluding hydrogens is 224 g/mol. The lowest BCUT2D eigenvalue weighted by molar-refractivity contribution is 0.0678. The number of carbonyl (C=O) groups is 1. The summed E-state index contributed by atoms with van der Waals surface area (Å²) in [4.78, 5) is 16.5. The first kappa shape index (κ1) is 13.1. The van der Waals surface area contributed by atoms with E-state index in [1.54, 1.807) is 0 Å². The maximum absolute atomic E-state index is 12.2. The Morgan fingerprint density at radius 2 is 1.83 bits per heavy atom. The van der Waals surface area contributed by atoms with Crippen molar-refractivity contribution in [2.45, 2.75) is 12.8 Å². The molecule has 1 heterocycles. The Labute approximate surface area is 109 Å². The van der Waals surface area contributed by atoms with Crippen molar-refractivity contribution in [3.05, 3.63) is 35.9 Å². The van der Waals surface area contributed by atoms with Gasteiger partial charge in [-0.25, -0.2) is 0 Å². The Bertz CT molecular complexity index is 381. The zero-order valence-corrected chi connectivity index (χ0v) is 11.3. The summed E-state index contributed by atoms with van der Waals surface area (Å²) in [6.07, 6.45) is 2.24. The highest BCUT2D eigenvalue weighted by atomic mass is 16.2. The fraction of sp³-hybridized carbons (Fsp3) is 0.533. The Morgan fingerprint density at radius 3 is 2.39 bits per heavy atom. The van der Waals surface area contributed by atoms with Crippen LogP contribution >= 0.6 is 0 Å². The lowest BCUT2D eigenvalue weighted by Gasteiger charge is -2.33. The van der Waals surface area contributed by atoms with Gasteiger partial charge in [-0.3, -0.25) is 4.79 Å².